The standard InChI is InChI=1S/C25H26N2O5/c28-22(20-12-10-19(11-13-20)18-4-2-1-3-5-18)16-32-24(30)21-8-6-17(7-9-21)15-27-23(29)14-26-25(27)31/h6-13,18H,1-5,14-16H2,(H,26,31). The number of hydrogen-bond donors (Lipinski definition) is 1. The summed E-state index contributed by atoms with van der Waals surface area (Å²) in [5, 5.41) is 2.46. The van der Waals surface area contributed by atoms with Gasteiger partial charge >= 0.3 is 12.0 Å². The Hall–Kier alpha value is -3.48. The van der Waals surface area contributed by atoms with Gasteiger partial charge in [-0.2, -0.15) is 0 Å². The first-order valence-corrected chi connectivity index (χ1v) is 11.0. The molecular weight excluding hydrogens is 408 g/mol. The number of ketones is 1. The van der Waals surface area contributed by atoms with E-state index in [0.29, 0.717) is 22.6 Å². The minimum Gasteiger partial charge on any atom is -0.454 e. The fourth-order valence-electron chi connectivity index (χ4n) is 4.22. The first kappa shape index (κ1) is 21.7. The number of Topliss-reactive ketones (excluding diaryl/α,β-unsaturated/α-hetero) is 1. The van der Waals surface area contributed by atoms with Gasteiger partial charge in [-0.15, -0.1) is 0 Å². The minimum absolute atomic E-state index is 0.000575. The van der Waals surface area contributed by atoms with E-state index in [1.165, 1.54) is 37.7 Å². The molecule has 3 amide bonds. The molecule has 0 aromatic heterocycles. The average Bonchev–Trinajstić information content (AvgIpc) is 3.15. The van der Waals surface area contributed by atoms with Crippen molar-refractivity contribution >= 4 is 23.7 Å². The number of rotatable bonds is 7. The van der Waals surface area contributed by atoms with Gasteiger partial charge in [0.2, 0.25) is 5.91 Å². The SMILES string of the molecule is O=C(COC(=O)c1ccc(CN2C(=O)CNC2=O)cc1)c1ccc(C2CCCCC2)cc1. The number of benzene rings is 2. The van der Waals surface area contributed by atoms with Crippen molar-refractivity contribution in [2.75, 3.05) is 13.2 Å². The number of nitrogens with zero attached hydrogens (tertiary/aromatic N) is 1. The topological polar surface area (TPSA) is 92.8 Å². The molecule has 7 heteroatoms. The number of carbonyl (C=O) groups excluding carboxylic acids is 4. The Morgan fingerprint density at radius 1 is 0.906 bits per heavy atom. The molecule has 2 fully saturated rings. The van der Waals surface area contributed by atoms with E-state index in [-0.39, 0.29) is 31.4 Å². The summed E-state index contributed by atoms with van der Waals surface area (Å²) >= 11 is 0. The average molecular weight is 434 g/mol. The molecule has 166 valence electrons. The van der Waals surface area contributed by atoms with Gasteiger partial charge in [0.05, 0.1) is 18.7 Å². The third kappa shape index (κ3) is 5.04. The highest BCUT2D eigenvalue weighted by Gasteiger charge is 2.28. The molecule has 0 bridgehead atoms. The molecule has 1 N–H and O–H groups in total. The number of ether oxygens (including phenoxy) is 1. The van der Waals surface area contributed by atoms with Gasteiger partial charge < -0.3 is 10.1 Å². The first-order valence-electron chi connectivity index (χ1n) is 11.0. The van der Waals surface area contributed by atoms with Crippen LogP contribution in [0.1, 0.15) is 69.9 Å². The van der Waals surface area contributed by atoms with Crippen LogP contribution in [0, 0.1) is 0 Å². The lowest BCUT2D eigenvalue weighted by Gasteiger charge is -2.22. The van der Waals surface area contributed by atoms with Crippen LogP contribution in [-0.4, -0.2) is 41.7 Å². The Labute approximate surface area is 186 Å². The number of esters is 1. The minimum atomic E-state index is -0.598. The molecule has 0 unspecified atom stereocenters. The summed E-state index contributed by atoms with van der Waals surface area (Å²) in [4.78, 5) is 49.1. The van der Waals surface area contributed by atoms with Crippen LogP contribution < -0.4 is 5.32 Å². The highest BCUT2D eigenvalue weighted by atomic mass is 16.5. The van der Waals surface area contributed by atoms with E-state index in [2.05, 4.69) is 5.32 Å². The zero-order chi connectivity index (χ0) is 22.5. The van der Waals surface area contributed by atoms with Gasteiger partial charge in [-0.3, -0.25) is 14.5 Å². The molecule has 32 heavy (non-hydrogen) atoms. The van der Waals surface area contributed by atoms with E-state index >= 15 is 0 Å². The van der Waals surface area contributed by atoms with Crippen molar-refractivity contribution in [3.8, 4) is 0 Å². The number of carbonyl (C=O) groups is 4. The van der Waals surface area contributed by atoms with Crippen LogP contribution in [0.4, 0.5) is 4.79 Å². The quantitative estimate of drug-likeness (QED) is 0.406. The lowest BCUT2D eigenvalue weighted by atomic mass is 9.84. The van der Waals surface area contributed by atoms with E-state index in [1.807, 2.05) is 24.3 Å². The number of urea groups is 1. The summed E-state index contributed by atoms with van der Waals surface area (Å²) in [6, 6.07) is 13.6. The highest BCUT2D eigenvalue weighted by molar-refractivity contribution is 6.02. The molecule has 1 saturated carbocycles. The van der Waals surface area contributed by atoms with E-state index in [9.17, 15) is 19.2 Å². The Bertz CT molecular complexity index is 992. The summed E-state index contributed by atoms with van der Waals surface area (Å²) in [5.41, 5.74) is 2.81. The van der Waals surface area contributed by atoms with Crippen LogP contribution in [0.25, 0.3) is 0 Å². The van der Waals surface area contributed by atoms with Crippen molar-refractivity contribution in [1.29, 1.82) is 0 Å². The van der Waals surface area contributed by atoms with Crippen LogP contribution in [0.5, 0.6) is 0 Å². The Kier molecular flexibility index (Phi) is 6.63. The Morgan fingerprint density at radius 3 is 2.19 bits per heavy atom. The lowest BCUT2D eigenvalue weighted by Crippen LogP contribution is -2.30. The summed E-state index contributed by atoms with van der Waals surface area (Å²) in [6.07, 6.45) is 6.22. The second kappa shape index (κ2) is 9.77. The van der Waals surface area contributed by atoms with Crippen molar-refractivity contribution in [3.05, 3.63) is 70.8 Å². The molecule has 2 aromatic rings. The van der Waals surface area contributed by atoms with Crippen LogP contribution in [0.15, 0.2) is 48.5 Å². The monoisotopic (exact) mass is 434 g/mol. The molecule has 2 aromatic carbocycles. The summed E-state index contributed by atoms with van der Waals surface area (Å²) in [5.74, 6) is -0.558. The maximum absolute atomic E-state index is 12.4. The molecule has 4 rings (SSSR count). The molecular formula is C25H26N2O5. The fourth-order valence-corrected chi connectivity index (χ4v) is 4.22. The number of hydrogen-bond acceptors (Lipinski definition) is 5. The van der Waals surface area contributed by atoms with Gasteiger partial charge in [-0.25, -0.2) is 9.59 Å². The van der Waals surface area contributed by atoms with Crippen molar-refractivity contribution in [1.82, 2.24) is 10.2 Å². The first-order chi connectivity index (χ1) is 15.5. The van der Waals surface area contributed by atoms with Crippen molar-refractivity contribution in [3.63, 3.8) is 0 Å². The predicted octanol–water partition coefficient (Wildman–Crippen LogP) is 3.83. The van der Waals surface area contributed by atoms with Gasteiger partial charge in [-0.05, 0) is 42.0 Å². The van der Waals surface area contributed by atoms with Gasteiger partial charge in [0.25, 0.3) is 0 Å². The van der Waals surface area contributed by atoms with Crippen LogP contribution in [0.2, 0.25) is 0 Å². The van der Waals surface area contributed by atoms with Crippen molar-refractivity contribution in [2.45, 2.75) is 44.6 Å². The maximum Gasteiger partial charge on any atom is 0.338 e. The predicted molar refractivity (Wildman–Crippen MR) is 117 cm³/mol. The van der Waals surface area contributed by atoms with Crippen molar-refractivity contribution < 1.29 is 23.9 Å². The third-order valence-electron chi connectivity index (χ3n) is 6.11. The molecule has 2 aliphatic rings. The normalized spacial score (nSPS) is 16.7. The number of imide groups is 1. The second-order valence-corrected chi connectivity index (χ2v) is 8.29. The Morgan fingerprint density at radius 2 is 1.56 bits per heavy atom. The van der Waals surface area contributed by atoms with Gasteiger partial charge in [0.1, 0.15) is 0 Å². The van der Waals surface area contributed by atoms with Crippen molar-refractivity contribution in [2.24, 2.45) is 0 Å². The van der Waals surface area contributed by atoms with Gasteiger partial charge in [0.15, 0.2) is 12.4 Å². The third-order valence-corrected chi connectivity index (χ3v) is 6.11. The van der Waals surface area contributed by atoms with Gasteiger partial charge in [0, 0.05) is 5.56 Å². The molecule has 1 aliphatic carbocycles. The smallest absolute Gasteiger partial charge is 0.338 e. The molecule has 1 saturated heterocycles. The number of nitrogens with one attached hydrogen (secondary N) is 1. The van der Waals surface area contributed by atoms with Crippen LogP contribution in [-0.2, 0) is 16.1 Å². The molecule has 7 nitrogen and oxygen atoms in total. The fraction of sp³-hybridized carbons (Fsp3) is 0.360. The van der Waals surface area contributed by atoms with Crippen LogP contribution >= 0.6 is 0 Å². The summed E-state index contributed by atoms with van der Waals surface area (Å²) in [6.45, 7) is -0.193. The van der Waals surface area contributed by atoms with E-state index in [4.69, 9.17) is 4.74 Å². The highest BCUT2D eigenvalue weighted by Crippen LogP contribution is 2.32. The molecule has 1 heterocycles. The molecule has 0 atom stereocenters. The molecule has 1 aliphatic heterocycles. The van der Waals surface area contributed by atoms with E-state index in [0.717, 1.165) is 4.90 Å². The zero-order valence-corrected chi connectivity index (χ0v) is 17.8. The second-order valence-electron chi connectivity index (χ2n) is 8.29. The molecule has 0 spiro atoms. The van der Waals surface area contributed by atoms with Crippen LogP contribution in [0.3, 0.4) is 0 Å². The summed E-state index contributed by atoms with van der Waals surface area (Å²) in [7, 11) is 0. The van der Waals surface area contributed by atoms with Gasteiger partial charge in [-0.1, -0.05) is 55.7 Å². The maximum atomic E-state index is 12.4. The van der Waals surface area contributed by atoms with E-state index in [1.54, 1.807) is 24.3 Å². The summed E-state index contributed by atoms with van der Waals surface area (Å²) < 4.78 is 5.18. The Balaban J connectivity index is 1.28. The largest absolute Gasteiger partial charge is 0.454 e. The molecule has 0 radical (unpaired) electrons. The number of amides is 3. The zero-order valence-electron chi connectivity index (χ0n) is 17.8. The lowest BCUT2D eigenvalue weighted by molar-refractivity contribution is -0.125. The van der Waals surface area contributed by atoms with E-state index < -0.39 is 12.0 Å².